The Kier molecular flexibility index (Phi) is 11.9. The van der Waals surface area contributed by atoms with Crippen LogP contribution in [0.1, 0.15) is 61.4 Å². The van der Waals surface area contributed by atoms with Crippen LogP contribution in [-0.2, 0) is 0 Å². The van der Waals surface area contributed by atoms with Gasteiger partial charge in [-0.25, -0.2) is 0 Å². The Balaban J connectivity index is 0.00000420. The Hall–Kier alpha value is -2.76. The molecule has 7 heteroatoms. The molecule has 1 aromatic heterocycles. The van der Waals surface area contributed by atoms with Gasteiger partial charge in [-0.1, -0.05) is 39.0 Å². The van der Waals surface area contributed by atoms with Crippen LogP contribution in [0.25, 0.3) is 19.6 Å². The molecule has 5 nitrogen and oxygen atoms in total. The number of halogens is 1. The summed E-state index contributed by atoms with van der Waals surface area (Å²) >= 11 is -0.138. The Morgan fingerprint density at radius 2 is 1.51 bits per heavy atom. The van der Waals surface area contributed by atoms with Crippen LogP contribution in [0, 0.1) is 0 Å². The third-order valence-electron chi connectivity index (χ3n) is 6.78. The summed E-state index contributed by atoms with van der Waals surface area (Å²) in [6.07, 6.45) is 7.80. The molecule has 3 aromatic carbocycles. The molecule has 4 aromatic rings. The number of unbranched alkanes of at least 4 members (excludes halogenated alkanes) is 5. The molecule has 0 bridgehead atoms. The summed E-state index contributed by atoms with van der Waals surface area (Å²) < 4.78 is 7.89. The van der Waals surface area contributed by atoms with E-state index in [9.17, 15) is 15.0 Å². The Morgan fingerprint density at radius 3 is 2.23 bits per heavy atom. The van der Waals surface area contributed by atoms with Crippen LogP contribution in [0.4, 0.5) is 0 Å². The maximum atomic E-state index is 13.7. The fourth-order valence-corrected chi connectivity index (χ4v) is 7.16. The van der Waals surface area contributed by atoms with Crippen molar-refractivity contribution in [1.82, 2.24) is 4.90 Å². The van der Waals surface area contributed by atoms with Gasteiger partial charge in [0.1, 0.15) is 0 Å². The van der Waals surface area contributed by atoms with Crippen molar-refractivity contribution in [2.75, 3.05) is 26.7 Å². The van der Waals surface area contributed by atoms with Crippen molar-refractivity contribution in [1.29, 1.82) is 0 Å². The smallest absolute Gasteiger partial charge is 0.147 e. The van der Waals surface area contributed by atoms with E-state index < -0.39 is 0 Å². The molecule has 2 N–H and O–H groups in total. The van der Waals surface area contributed by atoms with Gasteiger partial charge in [0.2, 0.25) is 0 Å². The van der Waals surface area contributed by atoms with Gasteiger partial charge in [-0.2, -0.15) is 0 Å². The van der Waals surface area contributed by atoms with Crippen LogP contribution in [0.15, 0.2) is 66.7 Å². The molecule has 0 saturated heterocycles. The predicted molar refractivity (Wildman–Crippen MR) is 163 cm³/mol. The monoisotopic (exact) mass is 615 g/mol. The number of ether oxygens (including phenoxy) is 1. The Morgan fingerprint density at radius 1 is 0.846 bits per heavy atom. The summed E-state index contributed by atoms with van der Waals surface area (Å²) in [6.45, 7) is 4.80. The second-order valence-electron chi connectivity index (χ2n) is 9.81. The van der Waals surface area contributed by atoms with E-state index in [0.29, 0.717) is 17.7 Å². The van der Waals surface area contributed by atoms with Crippen LogP contribution in [0.3, 0.4) is 0 Å². The summed E-state index contributed by atoms with van der Waals surface area (Å²) in [7, 11) is 2.14. The van der Waals surface area contributed by atoms with E-state index in [1.807, 2.05) is 42.5 Å². The third kappa shape index (κ3) is 8.36. The zero-order valence-corrected chi connectivity index (χ0v) is 25.2. The maximum Gasteiger partial charge on any atom is -0.147 e. The zero-order chi connectivity index (χ0) is 26.9. The van der Waals surface area contributed by atoms with Crippen molar-refractivity contribution in [2.45, 2.75) is 45.4 Å². The number of nitrogens with zero attached hydrogens (tertiary/aromatic N) is 1. The van der Waals surface area contributed by atoms with Crippen molar-refractivity contribution in [3.63, 3.8) is 0 Å². The van der Waals surface area contributed by atoms with Crippen molar-refractivity contribution < 1.29 is 19.7 Å². The van der Waals surface area contributed by atoms with E-state index in [2.05, 4.69) is 18.9 Å². The molecule has 0 aliphatic carbocycles. The first-order valence-electron chi connectivity index (χ1n) is 13.5. The molecule has 4 rings (SSSR count). The molecule has 0 fully saturated rings. The van der Waals surface area contributed by atoms with Gasteiger partial charge in [0.05, 0.1) is 0 Å². The summed E-state index contributed by atoms with van der Waals surface area (Å²) in [6, 6.07) is 19.5. The van der Waals surface area contributed by atoms with Crippen molar-refractivity contribution in [2.24, 2.45) is 0 Å². The van der Waals surface area contributed by atoms with Gasteiger partial charge in [-0.3, -0.25) is 0 Å². The van der Waals surface area contributed by atoms with Crippen LogP contribution in [-0.4, -0.2) is 62.1 Å². The minimum Gasteiger partial charge on any atom is -0.147 e. The number of phenolic OH excluding ortho intramolecular Hbond substituents is 2. The van der Waals surface area contributed by atoms with Crippen LogP contribution >= 0.6 is 12.4 Å². The van der Waals surface area contributed by atoms with Crippen molar-refractivity contribution in [3.05, 3.63) is 77.9 Å². The Labute approximate surface area is 243 Å². The van der Waals surface area contributed by atoms with E-state index >= 15 is 0 Å². The number of likely N-dealkylation sites (N-methyl/N-ethyl adjacent to an activating group) is 1. The first-order valence-corrected chi connectivity index (χ1v) is 15.2. The molecule has 1 heterocycles. The second-order valence-corrected chi connectivity index (χ2v) is 12.0. The molecule has 0 atom stereocenters. The number of hydrogen-bond acceptors (Lipinski definition) is 5. The average molecular weight is 615 g/mol. The summed E-state index contributed by atoms with van der Waals surface area (Å²) in [5.41, 5.74) is 2.17. The Bertz CT molecular complexity index is 1340. The number of rotatable bonds is 14. The van der Waals surface area contributed by atoms with Crippen LogP contribution in [0.2, 0.25) is 0 Å². The first-order chi connectivity index (χ1) is 18.5. The van der Waals surface area contributed by atoms with Gasteiger partial charge < -0.3 is 0 Å². The number of phenols is 2. The number of benzene rings is 3. The average Bonchev–Trinajstić information content (AvgIpc) is 3.29. The molecule has 208 valence electrons. The predicted octanol–water partition coefficient (Wildman–Crippen LogP) is 7.30. The van der Waals surface area contributed by atoms with Crippen LogP contribution < -0.4 is 4.74 Å². The first kappa shape index (κ1) is 30.8. The van der Waals surface area contributed by atoms with Gasteiger partial charge >= 0.3 is 186 Å². The van der Waals surface area contributed by atoms with E-state index in [-0.39, 0.29) is 44.2 Å². The van der Waals surface area contributed by atoms with E-state index in [1.165, 1.54) is 38.5 Å². The van der Waals surface area contributed by atoms with Crippen LogP contribution in [0.5, 0.6) is 17.2 Å². The summed E-state index contributed by atoms with van der Waals surface area (Å²) in [4.78, 5) is 16.0. The number of fused-ring (bicyclic) bond motifs is 1. The number of hydrogen-bond donors (Lipinski definition) is 2. The normalized spacial score (nSPS) is 11.1. The van der Waals surface area contributed by atoms with Gasteiger partial charge in [-0.15, -0.1) is 12.4 Å². The molecule has 0 unspecified atom stereocenters. The SMILES string of the molecule is CCCCCCCCN(C)CCOc1ccc(C(=O)c2c(-c3ccc(O)cc3)[se]c3cc(O)ccc23)cc1.Cl. The van der Waals surface area contributed by atoms with Gasteiger partial charge in [0, 0.05) is 0 Å². The zero-order valence-electron chi connectivity index (χ0n) is 22.7. The molecule has 0 amide bonds. The number of aromatic hydroxyl groups is 2. The molecule has 39 heavy (non-hydrogen) atoms. The fraction of sp³-hybridized carbons (Fsp3) is 0.344. The quantitative estimate of drug-likeness (QED) is 0.0886. The number of carbonyl (C=O) groups excluding carboxylic acids is 1. The number of ketones is 1. The summed E-state index contributed by atoms with van der Waals surface area (Å²) in [5.74, 6) is 1.09. The van der Waals surface area contributed by atoms with E-state index in [0.717, 1.165) is 38.5 Å². The second kappa shape index (κ2) is 15.1. The van der Waals surface area contributed by atoms with Gasteiger partial charge in [0.25, 0.3) is 0 Å². The molecular weight excluding hydrogens is 577 g/mol. The molecular formula is C32H38ClNO4Se. The fourth-order valence-electron chi connectivity index (χ4n) is 4.57. The minimum atomic E-state index is -0.138. The van der Waals surface area contributed by atoms with Crippen molar-refractivity contribution in [3.8, 4) is 27.2 Å². The molecule has 0 radical (unpaired) electrons. The van der Waals surface area contributed by atoms with E-state index in [4.69, 9.17) is 4.74 Å². The van der Waals surface area contributed by atoms with E-state index in [1.54, 1.807) is 24.3 Å². The van der Waals surface area contributed by atoms with Gasteiger partial charge in [-0.05, 0) is 6.42 Å². The molecule has 0 saturated carbocycles. The largest absolute Gasteiger partial charge is 0.147 e. The maximum absolute atomic E-state index is 13.7. The van der Waals surface area contributed by atoms with Gasteiger partial charge in [0.15, 0.2) is 0 Å². The topological polar surface area (TPSA) is 70.0 Å². The minimum absolute atomic E-state index is 0. The standard InChI is InChI=1S/C32H37NO4Se.ClH/c1-3-4-5-6-7-8-19-33(2)20-21-37-27-16-11-23(12-17-27)31(36)30-28-18-15-26(35)22-29(28)38-32(30)24-9-13-25(34)14-10-24;/h9-18,22,34-35H,3-8,19-21H2,1-2H3;1H. The molecule has 0 spiro atoms. The van der Waals surface area contributed by atoms with Crippen molar-refractivity contribution >= 4 is 42.3 Å². The summed E-state index contributed by atoms with van der Waals surface area (Å²) in [5, 5.41) is 20.6. The third-order valence-corrected chi connectivity index (χ3v) is 9.30. The molecule has 0 aliphatic rings. The molecule has 0 aliphatic heterocycles. The number of carbonyl (C=O) groups is 1.